The van der Waals surface area contributed by atoms with Crippen molar-refractivity contribution in [2.24, 2.45) is 0 Å². The van der Waals surface area contributed by atoms with Gasteiger partial charge in [0.1, 0.15) is 24.4 Å². The Morgan fingerprint density at radius 1 is 0.737 bits per heavy atom. The van der Waals surface area contributed by atoms with Crippen LogP contribution >= 0.6 is 0 Å². The molecule has 0 saturated carbocycles. The maximum absolute atomic E-state index is 11.3. The van der Waals surface area contributed by atoms with Gasteiger partial charge in [0.2, 0.25) is 0 Å². The Hall–Kier alpha value is -1.72. The van der Waals surface area contributed by atoms with Crippen LogP contribution in [0, 0.1) is 0 Å². The lowest BCUT2D eigenvalue weighted by atomic mass is 10.1. The highest BCUT2D eigenvalue weighted by molar-refractivity contribution is 5.97. The van der Waals surface area contributed by atoms with E-state index in [9.17, 15) is 19.2 Å². The van der Waals surface area contributed by atoms with Gasteiger partial charge in [-0.1, -0.05) is 0 Å². The number of Topliss-reactive ketones (excluding diaryl/α,β-unsaturated/α-hetero) is 2. The van der Waals surface area contributed by atoms with E-state index in [1.54, 1.807) is 13.8 Å². The van der Waals surface area contributed by atoms with Crippen LogP contribution in [0.25, 0.3) is 0 Å². The summed E-state index contributed by atoms with van der Waals surface area (Å²) in [6.45, 7) is 3.81. The normalized spacial score (nSPS) is 9.79. The number of ketones is 2. The maximum Gasteiger partial charge on any atom is 0.313 e. The molecule has 0 spiro atoms. The van der Waals surface area contributed by atoms with Crippen molar-refractivity contribution in [1.82, 2.24) is 0 Å². The fourth-order valence-electron chi connectivity index (χ4n) is 1.41. The first-order valence-corrected chi connectivity index (χ1v) is 6.34. The monoisotopic (exact) mass is 272 g/mol. The highest BCUT2D eigenvalue weighted by atomic mass is 16.5. The van der Waals surface area contributed by atoms with E-state index in [-0.39, 0.29) is 50.5 Å². The van der Waals surface area contributed by atoms with Crippen LogP contribution in [-0.2, 0) is 28.7 Å². The molecule has 6 heteroatoms. The predicted octanol–water partition coefficient (Wildman–Crippen LogP) is 1.20. The third kappa shape index (κ3) is 9.93. The maximum atomic E-state index is 11.3. The lowest BCUT2D eigenvalue weighted by molar-refractivity contribution is -0.146. The molecule has 0 aliphatic rings. The van der Waals surface area contributed by atoms with Crippen molar-refractivity contribution in [2.75, 3.05) is 13.2 Å². The van der Waals surface area contributed by atoms with E-state index in [0.29, 0.717) is 6.42 Å². The van der Waals surface area contributed by atoms with Crippen molar-refractivity contribution in [3.8, 4) is 0 Å². The summed E-state index contributed by atoms with van der Waals surface area (Å²) in [5.41, 5.74) is 0. The number of carbonyl (C=O) groups is 4. The summed E-state index contributed by atoms with van der Waals surface area (Å²) in [6.07, 6.45) is 0.0665. The molecule has 0 amide bonds. The van der Waals surface area contributed by atoms with Gasteiger partial charge in [-0.15, -0.1) is 0 Å². The zero-order chi connectivity index (χ0) is 14.7. The lowest BCUT2D eigenvalue weighted by Gasteiger charge is -2.02. The van der Waals surface area contributed by atoms with Crippen molar-refractivity contribution < 1.29 is 28.7 Å². The third-order valence-corrected chi connectivity index (χ3v) is 2.20. The van der Waals surface area contributed by atoms with Crippen molar-refractivity contribution >= 4 is 23.5 Å². The minimum atomic E-state index is -0.551. The van der Waals surface area contributed by atoms with Crippen LogP contribution in [0.5, 0.6) is 0 Å². The Morgan fingerprint density at radius 2 is 1.11 bits per heavy atom. The molecule has 0 fully saturated rings. The molecule has 6 nitrogen and oxygen atoms in total. The molecule has 0 heterocycles. The van der Waals surface area contributed by atoms with E-state index < -0.39 is 11.9 Å². The van der Waals surface area contributed by atoms with Crippen molar-refractivity contribution in [1.29, 1.82) is 0 Å². The largest absolute Gasteiger partial charge is 0.466 e. The average Bonchev–Trinajstić information content (AvgIpc) is 2.28. The van der Waals surface area contributed by atoms with E-state index in [0.717, 1.165) is 0 Å². The highest BCUT2D eigenvalue weighted by Crippen LogP contribution is 2.04. The van der Waals surface area contributed by atoms with Crippen LogP contribution in [0.1, 0.15) is 46.0 Å². The fourth-order valence-corrected chi connectivity index (χ4v) is 1.41. The summed E-state index contributed by atoms with van der Waals surface area (Å²) < 4.78 is 9.26. The van der Waals surface area contributed by atoms with E-state index in [4.69, 9.17) is 0 Å². The SMILES string of the molecule is CCOC(=O)CC(=O)CCCC(=O)CC(=O)OCC. The van der Waals surface area contributed by atoms with Crippen molar-refractivity contribution in [3.05, 3.63) is 0 Å². The first-order chi connectivity index (χ1) is 8.99. The summed E-state index contributed by atoms with van der Waals surface area (Å²) in [4.78, 5) is 44.7. The molecule has 108 valence electrons. The summed E-state index contributed by atoms with van der Waals surface area (Å²) in [5, 5.41) is 0. The molecule has 0 aromatic rings. The molecule has 0 aromatic heterocycles. The lowest BCUT2D eigenvalue weighted by Crippen LogP contribution is -2.13. The van der Waals surface area contributed by atoms with Crippen LogP contribution < -0.4 is 0 Å². The molecule has 0 unspecified atom stereocenters. The Balaban J connectivity index is 3.72. The van der Waals surface area contributed by atoms with Gasteiger partial charge in [-0.05, 0) is 20.3 Å². The minimum Gasteiger partial charge on any atom is -0.466 e. The van der Waals surface area contributed by atoms with Gasteiger partial charge < -0.3 is 9.47 Å². The molecule has 0 atom stereocenters. The Labute approximate surface area is 112 Å². The molecule has 19 heavy (non-hydrogen) atoms. The molecule has 0 rings (SSSR count). The highest BCUT2D eigenvalue weighted by Gasteiger charge is 2.13. The zero-order valence-corrected chi connectivity index (χ0v) is 11.4. The molecule has 0 saturated heterocycles. The van der Waals surface area contributed by atoms with E-state index in [2.05, 4.69) is 9.47 Å². The second-order valence-corrected chi connectivity index (χ2v) is 3.89. The van der Waals surface area contributed by atoms with Gasteiger partial charge in [0.15, 0.2) is 0 Å². The average molecular weight is 272 g/mol. The summed E-state index contributed by atoms with van der Waals surface area (Å²) in [5.74, 6) is -1.62. The first kappa shape index (κ1) is 17.3. The van der Waals surface area contributed by atoms with Crippen molar-refractivity contribution in [3.63, 3.8) is 0 Å². The number of hydrogen-bond donors (Lipinski definition) is 0. The van der Waals surface area contributed by atoms with Gasteiger partial charge in [0.05, 0.1) is 13.2 Å². The van der Waals surface area contributed by atoms with Gasteiger partial charge in [0.25, 0.3) is 0 Å². The summed E-state index contributed by atoms with van der Waals surface area (Å²) in [6, 6.07) is 0. The summed E-state index contributed by atoms with van der Waals surface area (Å²) >= 11 is 0. The molecule has 0 aliphatic heterocycles. The predicted molar refractivity (Wildman–Crippen MR) is 66.4 cm³/mol. The molecule has 0 aromatic carbocycles. The van der Waals surface area contributed by atoms with E-state index in [1.165, 1.54) is 0 Å². The Bertz CT molecular complexity index is 302. The van der Waals surface area contributed by atoms with Gasteiger partial charge in [-0.25, -0.2) is 0 Å². The van der Waals surface area contributed by atoms with Crippen molar-refractivity contribution in [2.45, 2.75) is 46.0 Å². The fraction of sp³-hybridized carbons (Fsp3) is 0.692. The number of carbonyl (C=O) groups excluding carboxylic acids is 4. The van der Waals surface area contributed by atoms with Gasteiger partial charge in [0, 0.05) is 12.8 Å². The zero-order valence-electron chi connectivity index (χ0n) is 11.4. The quantitative estimate of drug-likeness (QED) is 0.438. The smallest absolute Gasteiger partial charge is 0.313 e. The van der Waals surface area contributed by atoms with E-state index >= 15 is 0 Å². The van der Waals surface area contributed by atoms with Gasteiger partial charge >= 0.3 is 11.9 Å². The number of rotatable bonds is 10. The van der Waals surface area contributed by atoms with Crippen LogP contribution in [-0.4, -0.2) is 36.7 Å². The number of esters is 2. The van der Waals surface area contributed by atoms with E-state index in [1.807, 2.05) is 0 Å². The van der Waals surface area contributed by atoms with Crippen LogP contribution in [0.2, 0.25) is 0 Å². The third-order valence-electron chi connectivity index (χ3n) is 2.20. The standard InChI is InChI=1S/C13H20O6/c1-3-18-12(16)8-10(14)6-5-7-11(15)9-13(17)19-4-2/h3-9H2,1-2H3. The second kappa shape index (κ2) is 10.2. The topological polar surface area (TPSA) is 86.7 Å². The minimum absolute atomic E-state index is 0.132. The molecule has 0 radical (unpaired) electrons. The number of ether oxygens (including phenoxy) is 2. The number of hydrogen-bond acceptors (Lipinski definition) is 6. The first-order valence-electron chi connectivity index (χ1n) is 6.34. The van der Waals surface area contributed by atoms with Gasteiger partial charge in [-0.2, -0.15) is 0 Å². The second-order valence-electron chi connectivity index (χ2n) is 3.89. The van der Waals surface area contributed by atoms with Crippen LogP contribution in [0.4, 0.5) is 0 Å². The molecular weight excluding hydrogens is 252 g/mol. The molecule has 0 bridgehead atoms. The van der Waals surface area contributed by atoms with Crippen LogP contribution in [0.15, 0.2) is 0 Å². The molecule has 0 aliphatic carbocycles. The molecule has 0 N–H and O–H groups in total. The molecular formula is C13H20O6. The Kier molecular flexibility index (Phi) is 9.30. The van der Waals surface area contributed by atoms with Gasteiger partial charge in [-0.3, -0.25) is 19.2 Å². The summed E-state index contributed by atoms with van der Waals surface area (Å²) in [7, 11) is 0. The Morgan fingerprint density at radius 3 is 1.42 bits per heavy atom. The van der Waals surface area contributed by atoms with Crippen LogP contribution in [0.3, 0.4) is 0 Å².